The van der Waals surface area contributed by atoms with Gasteiger partial charge in [-0.3, -0.25) is 0 Å². The molecule has 0 heterocycles. The van der Waals surface area contributed by atoms with Gasteiger partial charge in [0.1, 0.15) is 0 Å². The fourth-order valence-corrected chi connectivity index (χ4v) is 3.44. The number of benzene rings is 1. The number of hydrogen-bond donors (Lipinski definition) is 1. The van der Waals surface area contributed by atoms with Crippen molar-refractivity contribution in [3.63, 3.8) is 0 Å². The van der Waals surface area contributed by atoms with E-state index in [4.69, 9.17) is 0 Å². The Labute approximate surface area is 118 Å². The zero-order valence-electron chi connectivity index (χ0n) is 12.6. The van der Waals surface area contributed by atoms with Crippen LogP contribution >= 0.6 is 0 Å². The van der Waals surface area contributed by atoms with Gasteiger partial charge in [-0.25, -0.2) is 0 Å². The van der Waals surface area contributed by atoms with Gasteiger partial charge >= 0.3 is 0 Å². The van der Waals surface area contributed by atoms with Crippen LogP contribution in [0.15, 0.2) is 24.3 Å². The van der Waals surface area contributed by atoms with E-state index < -0.39 is 0 Å². The lowest BCUT2D eigenvalue weighted by molar-refractivity contribution is 0.391. The van der Waals surface area contributed by atoms with Crippen LogP contribution in [0.25, 0.3) is 0 Å². The largest absolute Gasteiger partial charge is 0.314 e. The second-order valence-electron chi connectivity index (χ2n) is 5.96. The van der Waals surface area contributed by atoms with E-state index in [0.717, 1.165) is 5.92 Å². The van der Waals surface area contributed by atoms with Gasteiger partial charge in [0.2, 0.25) is 0 Å². The second kappa shape index (κ2) is 7.69. The molecule has 0 spiro atoms. The summed E-state index contributed by atoms with van der Waals surface area (Å²) in [7, 11) is 0. The molecule has 1 aromatic rings. The van der Waals surface area contributed by atoms with E-state index in [9.17, 15) is 0 Å². The van der Waals surface area contributed by atoms with Crippen LogP contribution in [-0.2, 0) is 6.42 Å². The highest BCUT2D eigenvalue weighted by Gasteiger charge is 2.22. The third-order valence-corrected chi connectivity index (χ3v) is 4.38. The maximum absolute atomic E-state index is 3.75. The Morgan fingerprint density at radius 3 is 2.84 bits per heavy atom. The molecule has 0 saturated carbocycles. The third-order valence-electron chi connectivity index (χ3n) is 4.38. The van der Waals surface area contributed by atoms with Gasteiger partial charge in [0.15, 0.2) is 0 Å². The third kappa shape index (κ3) is 4.07. The number of hydrogen-bond acceptors (Lipinski definition) is 1. The fourth-order valence-electron chi connectivity index (χ4n) is 3.44. The topological polar surface area (TPSA) is 12.0 Å². The average molecular weight is 259 g/mol. The highest BCUT2D eigenvalue weighted by Crippen LogP contribution is 2.35. The minimum Gasteiger partial charge on any atom is -0.314 e. The van der Waals surface area contributed by atoms with Crippen LogP contribution in [0, 0.1) is 0 Å². The van der Waals surface area contributed by atoms with Crippen molar-refractivity contribution in [1.29, 1.82) is 0 Å². The number of rotatable bonds is 7. The lowest BCUT2D eigenvalue weighted by atomic mass is 9.79. The molecule has 0 amide bonds. The van der Waals surface area contributed by atoms with E-state index in [2.05, 4.69) is 43.4 Å². The zero-order valence-corrected chi connectivity index (χ0v) is 12.6. The van der Waals surface area contributed by atoms with Crippen LogP contribution in [0.5, 0.6) is 0 Å². The van der Waals surface area contributed by atoms with Crippen molar-refractivity contribution in [2.45, 2.75) is 70.8 Å². The molecule has 1 N–H and O–H groups in total. The van der Waals surface area contributed by atoms with Crippen molar-refractivity contribution in [2.24, 2.45) is 0 Å². The van der Waals surface area contributed by atoms with Crippen molar-refractivity contribution in [2.75, 3.05) is 6.54 Å². The SMILES string of the molecule is CCCNC(CCC)CC1CCCc2ccccc21. The van der Waals surface area contributed by atoms with E-state index in [1.165, 1.54) is 51.5 Å². The average Bonchev–Trinajstić information content (AvgIpc) is 2.45. The summed E-state index contributed by atoms with van der Waals surface area (Å²) in [4.78, 5) is 0. The molecular formula is C18H29N. The lowest BCUT2D eigenvalue weighted by Crippen LogP contribution is -2.32. The summed E-state index contributed by atoms with van der Waals surface area (Å²) in [6, 6.07) is 9.81. The molecule has 0 bridgehead atoms. The summed E-state index contributed by atoms with van der Waals surface area (Å²) in [5.41, 5.74) is 3.23. The Bertz CT molecular complexity index is 372. The molecule has 0 fully saturated rings. The molecular weight excluding hydrogens is 230 g/mol. The smallest absolute Gasteiger partial charge is 0.00727 e. The molecule has 0 aliphatic heterocycles. The lowest BCUT2D eigenvalue weighted by Gasteiger charge is -2.29. The molecule has 1 aliphatic rings. The zero-order chi connectivity index (χ0) is 13.5. The van der Waals surface area contributed by atoms with Crippen LogP contribution in [0.2, 0.25) is 0 Å². The van der Waals surface area contributed by atoms with Crippen LogP contribution in [-0.4, -0.2) is 12.6 Å². The molecule has 2 atom stereocenters. The highest BCUT2D eigenvalue weighted by atomic mass is 14.9. The Morgan fingerprint density at radius 2 is 2.05 bits per heavy atom. The van der Waals surface area contributed by atoms with Gasteiger partial charge in [-0.05, 0) is 62.1 Å². The van der Waals surface area contributed by atoms with E-state index in [1.54, 1.807) is 11.1 Å². The molecule has 2 unspecified atom stereocenters. The predicted molar refractivity (Wildman–Crippen MR) is 83.7 cm³/mol. The van der Waals surface area contributed by atoms with Crippen molar-refractivity contribution in [1.82, 2.24) is 5.32 Å². The van der Waals surface area contributed by atoms with Gasteiger partial charge in [0, 0.05) is 6.04 Å². The monoisotopic (exact) mass is 259 g/mol. The maximum Gasteiger partial charge on any atom is 0.00727 e. The first-order valence-corrected chi connectivity index (χ1v) is 8.16. The van der Waals surface area contributed by atoms with Crippen LogP contribution in [0.4, 0.5) is 0 Å². The standard InChI is InChI=1S/C18H29N/c1-3-8-17(19-13-4-2)14-16-11-7-10-15-9-5-6-12-18(15)16/h5-6,9,12,16-17,19H,3-4,7-8,10-11,13-14H2,1-2H3. The minimum absolute atomic E-state index is 0.709. The molecule has 2 rings (SSSR count). The van der Waals surface area contributed by atoms with Crippen LogP contribution < -0.4 is 5.32 Å². The van der Waals surface area contributed by atoms with Crippen molar-refractivity contribution in [3.8, 4) is 0 Å². The quantitative estimate of drug-likeness (QED) is 0.750. The Hall–Kier alpha value is -0.820. The maximum atomic E-state index is 3.75. The Kier molecular flexibility index (Phi) is 5.91. The minimum atomic E-state index is 0.709. The summed E-state index contributed by atoms with van der Waals surface area (Å²) in [5, 5.41) is 3.75. The highest BCUT2D eigenvalue weighted by molar-refractivity contribution is 5.32. The Balaban J connectivity index is 2.01. The molecule has 1 heteroatoms. The summed E-state index contributed by atoms with van der Waals surface area (Å²) in [5.74, 6) is 0.783. The van der Waals surface area contributed by atoms with E-state index in [0.29, 0.717) is 6.04 Å². The summed E-state index contributed by atoms with van der Waals surface area (Å²) in [6.45, 7) is 5.72. The first-order valence-electron chi connectivity index (χ1n) is 8.16. The summed E-state index contributed by atoms with van der Waals surface area (Å²) < 4.78 is 0. The number of fused-ring (bicyclic) bond motifs is 1. The van der Waals surface area contributed by atoms with E-state index in [-0.39, 0.29) is 0 Å². The Morgan fingerprint density at radius 1 is 1.21 bits per heavy atom. The van der Waals surface area contributed by atoms with Gasteiger partial charge in [-0.2, -0.15) is 0 Å². The molecule has 1 aromatic carbocycles. The van der Waals surface area contributed by atoms with Gasteiger partial charge < -0.3 is 5.32 Å². The fraction of sp³-hybridized carbons (Fsp3) is 0.667. The molecule has 1 aliphatic carbocycles. The van der Waals surface area contributed by atoms with Gasteiger partial charge in [0.25, 0.3) is 0 Å². The van der Waals surface area contributed by atoms with Crippen molar-refractivity contribution < 1.29 is 0 Å². The molecule has 0 radical (unpaired) electrons. The predicted octanol–water partition coefficient (Wildman–Crippen LogP) is 4.66. The van der Waals surface area contributed by atoms with Crippen molar-refractivity contribution >= 4 is 0 Å². The van der Waals surface area contributed by atoms with Gasteiger partial charge in [0.05, 0.1) is 0 Å². The second-order valence-corrected chi connectivity index (χ2v) is 5.96. The molecule has 1 nitrogen and oxygen atoms in total. The van der Waals surface area contributed by atoms with Crippen LogP contribution in [0.1, 0.15) is 69.4 Å². The first kappa shape index (κ1) is 14.6. The van der Waals surface area contributed by atoms with Gasteiger partial charge in [-0.1, -0.05) is 44.5 Å². The normalized spacial score (nSPS) is 20.0. The molecule has 19 heavy (non-hydrogen) atoms. The number of aryl methyl sites for hydroxylation is 1. The van der Waals surface area contributed by atoms with E-state index >= 15 is 0 Å². The molecule has 0 aromatic heterocycles. The van der Waals surface area contributed by atoms with Gasteiger partial charge in [-0.15, -0.1) is 0 Å². The molecule has 106 valence electrons. The number of nitrogens with one attached hydrogen (secondary N) is 1. The molecule has 0 saturated heterocycles. The first-order chi connectivity index (χ1) is 9.35. The summed E-state index contributed by atoms with van der Waals surface area (Å²) in [6.07, 6.45) is 9.20. The summed E-state index contributed by atoms with van der Waals surface area (Å²) >= 11 is 0. The van der Waals surface area contributed by atoms with E-state index in [1.807, 2.05) is 0 Å². The van der Waals surface area contributed by atoms with Crippen molar-refractivity contribution in [3.05, 3.63) is 35.4 Å². The van der Waals surface area contributed by atoms with Crippen LogP contribution in [0.3, 0.4) is 0 Å².